The Labute approximate surface area is 160 Å². The van der Waals surface area contributed by atoms with Crippen LogP contribution >= 0.6 is 27.7 Å². The number of nitro benzene ring substituents is 1. The van der Waals surface area contributed by atoms with E-state index in [-0.39, 0.29) is 11.3 Å². The van der Waals surface area contributed by atoms with Crippen molar-refractivity contribution in [1.82, 2.24) is 25.5 Å². The monoisotopic (exact) mass is 434 g/mol. The highest BCUT2D eigenvalue weighted by atomic mass is 79.9. The van der Waals surface area contributed by atoms with Crippen LogP contribution in [0.25, 0.3) is 5.69 Å². The third-order valence-corrected chi connectivity index (χ3v) is 4.89. The van der Waals surface area contributed by atoms with E-state index in [0.29, 0.717) is 15.7 Å². The lowest BCUT2D eigenvalue weighted by Gasteiger charge is -2.06. The van der Waals surface area contributed by atoms with E-state index < -0.39 is 10.8 Å². The van der Waals surface area contributed by atoms with Crippen LogP contribution in [-0.2, 0) is 0 Å². The molecule has 1 amide bonds. The molecule has 0 radical (unpaired) electrons. The highest BCUT2D eigenvalue weighted by Crippen LogP contribution is 2.35. The molecule has 11 heteroatoms. The van der Waals surface area contributed by atoms with Crippen molar-refractivity contribution in [1.29, 1.82) is 0 Å². The number of carbonyl (C=O) groups is 1. The van der Waals surface area contributed by atoms with Gasteiger partial charge in [-0.3, -0.25) is 14.9 Å². The molecule has 0 unspecified atom stereocenters. The Kier molecular flexibility index (Phi) is 5.28. The van der Waals surface area contributed by atoms with Gasteiger partial charge in [-0.2, -0.15) is 4.68 Å². The molecule has 0 spiro atoms. The van der Waals surface area contributed by atoms with Crippen LogP contribution in [0.15, 0.2) is 57.0 Å². The van der Waals surface area contributed by atoms with Gasteiger partial charge in [-0.1, -0.05) is 15.9 Å². The van der Waals surface area contributed by atoms with Crippen LogP contribution in [-0.4, -0.2) is 38.1 Å². The molecule has 0 aliphatic rings. The van der Waals surface area contributed by atoms with Gasteiger partial charge < -0.3 is 5.32 Å². The zero-order chi connectivity index (χ0) is 18.7. The molecule has 9 nitrogen and oxygen atoms in total. The van der Waals surface area contributed by atoms with Gasteiger partial charge in [0, 0.05) is 23.2 Å². The maximum atomic E-state index is 11.7. The first kappa shape index (κ1) is 18.0. The van der Waals surface area contributed by atoms with Gasteiger partial charge in [0.05, 0.1) is 15.5 Å². The molecule has 132 valence electrons. The van der Waals surface area contributed by atoms with Gasteiger partial charge in [0.15, 0.2) is 0 Å². The predicted octanol–water partition coefficient (Wildman–Crippen LogP) is 2.84. The van der Waals surface area contributed by atoms with Crippen molar-refractivity contribution >= 4 is 39.3 Å². The Hall–Kier alpha value is -2.79. The lowest BCUT2D eigenvalue weighted by atomic mass is 10.2. The van der Waals surface area contributed by atoms with Crippen LogP contribution in [0.1, 0.15) is 10.4 Å². The molecular formula is C15H11BrN6O3S. The number of aromatic nitrogens is 4. The van der Waals surface area contributed by atoms with E-state index in [1.807, 2.05) is 24.3 Å². The van der Waals surface area contributed by atoms with Crippen LogP contribution in [0.5, 0.6) is 0 Å². The van der Waals surface area contributed by atoms with Crippen LogP contribution in [0, 0.1) is 10.1 Å². The summed E-state index contributed by atoms with van der Waals surface area (Å²) in [5, 5.41) is 25.7. The van der Waals surface area contributed by atoms with Gasteiger partial charge in [0.25, 0.3) is 11.6 Å². The van der Waals surface area contributed by atoms with Gasteiger partial charge in [-0.25, -0.2) is 0 Å². The summed E-state index contributed by atoms with van der Waals surface area (Å²) in [6, 6.07) is 11.6. The molecule has 1 aromatic heterocycles. The van der Waals surface area contributed by atoms with E-state index in [1.165, 1.54) is 29.9 Å². The number of amides is 1. The minimum absolute atomic E-state index is 0.193. The van der Waals surface area contributed by atoms with Crippen molar-refractivity contribution in [2.45, 2.75) is 10.1 Å². The molecule has 0 bridgehead atoms. The first-order valence-corrected chi connectivity index (χ1v) is 8.83. The Morgan fingerprint density at radius 3 is 2.65 bits per heavy atom. The Balaban J connectivity index is 1.97. The standard InChI is InChI=1S/C15H11BrN6O3S/c1-17-14(23)9-2-7-13(12(8-9)22(24)25)26-15-18-19-20-21(15)11-5-3-10(16)4-6-11/h2-8H,1H3,(H,17,23). The molecule has 0 saturated carbocycles. The molecular weight excluding hydrogens is 424 g/mol. The molecule has 0 aliphatic heterocycles. The van der Waals surface area contributed by atoms with Crippen molar-refractivity contribution in [2.75, 3.05) is 7.05 Å². The highest BCUT2D eigenvalue weighted by Gasteiger charge is 2.21. The fourth-order valence-electron chi connectivity index (χ4n) is 2.12. The molecule has 1 N–H and O–H groups in total. The van der Waals surface area contributed by atoms with Crippen LogP contribution in [0.4, 0.5) is 5.69 Å². The second kappa shape index (κ2) is 7.62. The SMILES string of the molecule is CNC(=O)c1ccc(Sc2nnnn2-c2ccc(Br)cc2)c([N+](=O)[O-])c1. The number of hydrogen-bond acceptors (Lipinski definition) is 7. The Morgan fingerprint density at radius 1 is 1.27 bits per heavy atom. The summed E-state index contributed by atoms with van der Waals surface area (Å²) in [5.74, 6) is -0.399. The third kappa shape index (κ3) is 3.73. The minimum Gasteiger partial charge on any atom is -0.355 e. The van der Waals surface area contributed by atoms with Crippen LogP contribution in [0.2, 0.25) is 0 Å². The number of tetrazole rings is 1. The van der Waals surface area contributed by atoms with Gasteiger partial charge in [0.2, 0.25) is 5.16 Å². The van der Waals surface area contributed by atoms with Gasteiger partial charge in [-0.15, -0.1) is 5.10 Å². The van der Waals surface area contributed by atoms with Crippen LogP contribution in [0.3, 0.4) is 0 Å². The van der Waals surface area contributed by atoms with Crippen molar-refractivity contribution in [3.05, 3.63) is 62.6 Å². The van der Waals surface area contributed by atoms with Crippen molar-refractivity contribution < 1.29 is 9.72 Å². The quantitative estimate of drug-likeness (QED) is 0.484. The van der Waals surface area contributed by atoms with Gasteiger partial charge in [-0.05, 0) is 58.6 Å². The molecule has 26 heavy (non-hydrogen) atoms. The van der Waals surface area contributed by atoms with E-state index in [0.717, 1.165) is 16.2 Å². The maximum absolute atomic E-state index is 11.7. The van der Waals surface area contributed by atoms with Crippen LogP contribution < -0.4 is 5.32 Å². The first-order chi connectivity index (χ1) is 12.5. The molecule has 0 aliphatic carbocycles. The number of benzene rings is 2. The number of halogens is 1. The lowest BCUT2D eigenvalue weighted by molar-refractivity contribution is -0.387. The second-order valence-electron chi connectivity index (χ2n) is 4.97. The predicted molar refractivity (Wildman–Crippen MR) is 97.5 cm³/mol. The third-order valence-electron chi connectivity index (χ3n) is 3.36. The Morgan fingerprint density at radius 2 is 2.00 bits per heavy atom. The maximum Gasteiger partial charge on any atom is 0.284 e. The molecule has 2 aromatic carbocycles. The average molecular weight is 435 g/mol. The highest BCUT2D eigenvalue weighted by molar-refractivity contribution is 9.10. The number of nitrogens with one attached hydrogen (secondary N) is 1. The molecule has 0 fully saturated rings. The van der Waals surface area contributed by atoms with E-state index in [4.69, 9.17) is 0 Å². The Bertz CT molecular complexity index is 976. The fraction of sp³-hybridized carbons (Fsp3) is 0.0667. The fourth-order valence-corrected chi connectivity index (χ4v) is 3.26. The van der Waals surface area contributed by atoms with Gasteiger partial charge in [0.1, 0.15) is 0 Å². The average Bonchev–Trinajstić information content (AvgIpc) is 3.10. The van der Waals surface area contributed by atoms with E-state index >= 15 is 0 Å². The van der Waals surface area contributed by atoms with Gasteiger partial charge >= 0.3 is 0 Å². The summed E-state index contributed by atoms with van der Waals surface area (Å²) in [7, 11) is 1.46. The summed E-state index contributed by atoms with van der Waals surface area (Å²) in [6.07, 6.45) is 0. The van der Waals surface area contributed by atoms with E-state index in [2.05, 4.69) is 36.8 Å². The van der Waals surface area contributed by atoms with Crippen molar-refractivity contribution in [2.24, 2.45) is 0 Å². The molecule has 0 atom stereocenters. The zero-order valence-electron chi connectivity index (χ0n) is 13.3. The molecule has 3 rings (SSSR count). The molecule has 0 saturated heterocycles. The molecule has 3 aromatic rings. The first-order valence-electron chi connectivity index (χ1n) is 7.22. The van der Waals surface area contributed by atoms with E-state index in [9.17, 15) is 14.9 Å². The van der Waals surface area contributed by atoms with E-state index in [1.54, 1.807) is 0 Å². The summed E-state index contributed by atoms with van der Waals surface area (Å²) < 4.78 is 2.39. The van der Waals surface area contributed by atoms with Crippen molar-refractivity contribution in [3.63, 3.8) is 0 Å². The zero-order valence-corrected chi connectivity index (χ0v) is 15.7. The molecule has 1 heterocycles. The summed E-state index contributed by atoms with van der Waals surface area (Å²) in [6.45, 7) is 0. The lowest BCUT2D eigenvalue weighted by Crippen LogP contribution is -2.17. The topological polar surface area (TPSA) is 116 Å². The summed E-state index contributed by atoms with van der Waals surface area (Å²) in [5.41, 5.74) is 0.725. The summed E-state index contributed by atoms with van der Waals surface area (Å²) in [4.78, 5) is 22.9. The smallest absolute Gasteiger partial charge is 0.284 e. The largest absolute Gasteiger partial charge is 0.355 e. The summed E-state index contributed by atoms with van der Waals surface area (Å²) >= 11 is 4.40. The normalized spacial score (nSPS) is 10.5. The number of nitro groups is 1. The number of rotatable bonds is 5. The number of nitrogens with zero attached hydrogens (tertiary/aromatic N) is 5. The minimum atomic E-state index is -0.539. The van der Waals surface area contributed by atoms with Crippen molar-refractivity contribution in [3.8, 4) is 5.69 Å². The number of carbonyl (C=O) groups excluding carboxylic acids is 1. The number of hydrogen-bond donors (Lipinski definition) is 1. The second-order valence-corrected chi connectivity index (χ2v) is 6.90.